The molecule has 0 heterocycles. The van der Waals surface area contributed by atoms with Crippen molar-refractivity contribution in [3.63, 3.8) is 0 Å². The number of anilines is 1. The van der Waals surface area contributed by atoms with Crippen molar-refractivity contribution in [3.05, 3.63) is 29.8 Å². The number of amides is 1. The van der Waals surface area contributed by atoms with Gasteiger partial charge in [-0.25, -0.2) is 0 Å². The molecule has 92 valence electrons. The van der Waals surface area contributed by atoms with Crippen LogP contribution in [-0.4, -0.2) is 19.0 Å². The van der Waals surface area contributed by atoms with Gasteiger partial charge in [-0.3, -0.25) is 4.79 Å². The van der Waals surface area contributed by atoms with E-state index in [-0.39, 0.29) is 5.91 Å². The highest BCUT2D eigenvalue weighted by atomic mass is 16.1. The molecule has 0 aliphatic heterocycles. The predicted octanol–water partition coefficient (Wildman–Crippen LogP) is 2.19. The minimum Gasteiger partial charge on any atom is -0.325 e. The molecule has 0 spiro atoms. The van der Waals surface area contributed by atoms with E-state index in [2.05, 4.69) is 23.6 Å². The van der Waals surface area contributed by atoms with Gasteiger partial charge in [-0.1, -0.05) is 19.1 Å². The van der Waals surface area contributed by atoms with Gasteiger partial charge in [0.2, 0.25) is 5.91 Å². The van der Waals surface area contributed by atoms with Crippen LogP contribution in [0.2, 0.25) is 0 Å². The van der Waals surface area contributed by atoms with E-state index in [1.54, 1.807) is 0 Å². The van der Waals surface area contributed by atoms with Crippen molar-refractivity contribution in [1.29, 1.82) is 0 Å². The zero-order valence-electron chi connectivity index (χ0n) is 10.3. The van der Waals surface area contributed by atoms with Gasteiger partial charge in [0.25, 0.3) is 0 Å². The van der Waals surface area contributed by atoms with Gasteiger partial charge in [0.05, 0.1) is 6.54 Å². The van der Waals surface area contributed by atoms with E-state index in [0.717, 1.165) is 24.6 Å². The number of rotatable bonds is 6. The molecule has 1 amide bonds. The molecule has 3 nitrogen and oxygen atoms in total. The first-order valence-electron chi connectivity index (χ1n) is 6.37. The normalized spacial score (nSPS) is 14.6. The second-order valence-electron chi connectivity index (χ2n) is 4.68. The van der Waals surface area contributed by atoms with Crippen molar-refractivity contribution in [3.8, 4) is 0 Å². The monoisotopic (exact) mass is 232 g/mol. The Morgan fingerprint density at radius 3 is 2.94 bits per heavy atom. The molecule has 3 heteroatoms. The van der Waals surface area contributed by atoms with Crippen LogP contribution < -0.4 is 10.6 Å². The van der Waals surface area contributed by atoms with Gasteiger partial charge in [0.1, 0.15) is 0 Å². The molecule has 0 radical (unpaired) electrons. The fourth-order valence-electron chi connectivity index (χ4n) is 1.79. The van der Waals surface area contributed by atoms with E-state index in [1.165, 1.54) is 18.4 Å². The third-order valence-corrected chi connectivity index (χ3v) is 3.03. The molecule has 1 aliphatic carbocycles. The lowest BCUT2D eigenvalue weighted by Gasteiger charge is -2.07. The topological polar surface area (TPSA) is 41.1 Å². The Labute approximate surface area is 103 Å². The van der Waals surface area contributed by atoms with Crippen LogP contribution in [0.5, 0.6) is 0 Å². The molecule has 0 aromatic heterocycles. The molecule has 1 saturated carbocycles. The second-order valence-corrected chi connectivity index (χ2v) is 4.68. The zero-order chi connectivity index (χ0) is 12.1. The number of hydrogen-bond acceptors (Lipinski definition) is 2. The summed E-state index contributed by atoms with van der Waals surface area (Å²) in [6.45, 7) is 3.49. The molecular weight excluding hydrogens is 212 g/mol. The molecule has 1 aliphatic rings. The summed E-state index contributed by atoms with van der Waals surface area (Å²) < 4.78 is 0. The van der Waals surface area contributed by atoms with Crippen molar-refractivity contribution in [2.45, 2.75) is 26.2 Å². The molecule has 0 bridgehead atoms. The van der Waals surface area contributed by atoms with E-state index in [1.807, 2.05) is 18.2 Å². The summed E-state index contributed by atoms with van der Waals surface area (Å²) in [6.07, 6.45) is 3.62. The van der Waals surface area contributed by atoms with Crippen molar-refractivity contribution in [2.24, 2.45) is 5.92 Å². The Balaban J connectivity index is 1.75. The Kier molecular flexibility index (Phi) is 4.15. The number of nitrogens with one attached hydrogen (secondary N) is 2. The average molecular weight is 232 g/mol. The van der Waals surface area contributed by atoms with E-state index in [0.29, 0.717) is 6.54 Å². The quantitative estimate of drug-likeness (QED) is 0.789. The smallest absolute Gasteiger partial charge is 0.238 e. The number of carbonyl (C=O) groups is 1. The molecule has 2 N–H and O–H groups in total. The summed E-state index contributed by atoms with van der Waals surface area (Å²) >= 11 is 0. The molecule has 17 heavy (non-hydrogen) atoms. The van der Waals surface area contributed by atoms with Crippen molar-refractivity contribution >= 4 is 11.6 Å². The molecule has 1 aromatic rings. The maximum absolute atomic E-state index is 11.6. The molecule has 0 unspecified atom stereocenters. The van der Waals surface area contributed by atoms with Gasteiger partial charge in [0, 0.05) is 5.69 Å². The molecule has 0 saturated heterocycles. The molecule has 0 atom stereocenters. The van der Waals surface area contributed by atoms with Crippen LogP contribution in [0.25, 0.3) is 0 Å². The fourth-order valence-corrected chi connectivity index (χ4v) is 1.79. The highest BCUT2D eigenvalue weighted by Gasteiger charge is 2.20. The van der Waals surface area contributed by atoms with Crippen molar-refractivity contribution in [2.75, 3.05) is 18.4 Å². The van der Waals surface area contributed by atoms with Gasteiger partial charge in [-0.15, -0.1) is 0 Å². The Hall–Kier alpha value is -1.35. The van der Waals surface area contributed by atoms with Crippen LogP contribution in [0.15, 0.2) is 24.3 Å². The standard InChI is InChI=1S/C14H20N2O/c1-2-11-4-3-5-13(8-11)16-14(17)10-15-9-12-6-7-12/h3-5,8,12,15H,2,6-7,9-10H2,1H3,(H,16,17). The van der Waals surface area contributed by atoms with Gasteiger partial charge in [-0.2, -0.15) is 0 Å². The summed E-state index contributed by atoms with van der Waals surface area (Å²) in [5, 5.41) is 6.09. The number of carbonyl (C=O) groups excluding carboxylic acids is 1. The molecule has 1 aromatic carbocycles. The maximum Gasteiger partial charge on any atom is 0.238 e. The third kappa shape index (κ3) is 4.19. The van der Waals surface area contributed by atoms with E-state index < -0.39 is 0 Å². The number of hydrogen-bond donors (Lipinski definition) is 2. The van der Waals surface area contributed by atoms with Crippen LogP contribution >= 0.6 is 0 Å². The Morgan fingerprint density at radius 2 is 2.24 bits per heavy atom. The summed E-state index contributed by atoms with van der Waals surface area (Å²) in [4.78, 5) is 11.6. The molecular formula is C14H20N2O. The lowest BCUT2D eigenvalue weighted by Crippen LogP contribution is -2.29. The maximum atomic E-state index is 11.6. The van der Waals surface area contributed by atoms with Gasteiger partial charge < -0.3 is 10.6 Å². The third-order valence-electron chi connectivity index (χ3n) is 3.03. The average Bonchev–Trinajstić information content (AvgIpc) is 3.13. The van der Waals surface area contributed by atoms with Gasteiger partial charge in [0.15, 0.2) is 0 Å². The summed E-state index contributed by atoms with van der Waals surface area (Å²) in [5.74, 6) is 0.852. The lowest BCUT2D eigenvalue weighted by molar-refractivity contribution is -0.115. The van der Waals surface area contributed by atoms with Crippen molar-refractivity contribution < 1.29 is 4.79 Å². The van der Waals surface area contributed by atoms with Crippen LogP contribution in [0.1, 0.15) is 25.3 Å². The first-order valence-corrected chi connectivity index (χ1v) is 6.37. The second kappa shape index (κ2) is 5.82. The minimum atomic E-state index is 0.0407. The van der Waals surface area contributed by atoms with Crippen LogP contribution in [0.4, 0.5) is 5.69 Å². The van der Waals surface area contributed by atoms with E-state index in [4.69, 9.17) is 0 Å². The minimum absolute atomic E-state index is 0.0407. The fraction of sp³-hybridized carbons (Fsp3) is 0.500. The van der Waals surface area contributed by atoms with Crippen LogP contribution in [0.3, 0.4) is 0 Å². The lowest BCUT2D eigenvalue weighted by atomic mass is 10.1. The first-order chi connectivity index (χ1) is 8.28. The van der Waals surface area contributed by atoms with Gasteiger partial charge in [-0.05, 0) is 49.4 Å². The molecule has 1 fully saturated rings. The first kappa shape index (κ1) is 12.1. The Morgan fingerprint density at radius 1 is 1.41 bits per heavy atom. The number of benzene rings is 1. The van der Waals surface area contributed by atoms with Crippen LogP contribution in [0, 0.1) is 5.92 Å². The largest absolute Gasteiger partial charge is 0.325 e. The summed E-state index contributed by atoms with van der Waals surface area (Å²) in [5.41, 5.74) is 2.14. The SMILES string of the molecule is CCc1cccc(NC(=O)CNCC2CC2)c1. The van der Waals surface area contributed by atoms with E-state index in [9.17, 15) is 4.79 Å². The number of aryl methyl sites for hydroxylation is 1. The highest BCUT2D eigenvalue weighted by Crippen LogP contribution is 2.27. The molecule has 2 rings (SSSR count). The van der Waals surface area contributed by atoms with E-state index >= 15 is 0 Å². The van der Waals surface area contributed by atoms with Crippen LogP contribution in [-0.2, 0) is 11.2 Å². The zero-order valence-corrected chi connectivity index (χ0v) is 10.3. The van der Waals surface area contributed by atoms with Crippen molar-refractivity contribution in [1.82, 2.24) is 5.32 Å². The van der Waals surface area contributed by atoms with Gasteiger partial charge >= 0.3 is 0 Å². The summed E-state index contributed by atoms with van der Waals surface area (Å²) in [6, 6.07) is 8.00. The summed E-state index contributed by atoms with van der Waals surface area (Å²) in [7, 11) is 0. The Bertz CT molecular complexity index is 386. The highest BCUT2D eigenvalue weighted by molar-refractivity contribution is 5.92. The predicted molar refractivity (Wildman–Crippen MR) is 70.0 cm³/mol.